The first-order chi connectivity index (χ1) is 12.4. The largest absolute Gasteiger partial charge is 0.298 e. The first-order valence-corrected chi connectivity index (χ1v) is 11.8. The van der Waals surface area contributed by atoms with Gasteiger partial charge in [0.15, 0.2) is 0 Å². The van der Waals surface area contributed by atoms with E-state index >= 15 is 0 Å². The highest BCUT2D eigenvalue weighted by Gasteiger charge is 2.38. The van der Waals surface area contributed by atoms with Crippen molar-refractivity contribution in [1.82, 2.24) is 9.80 Å². The van der Waals surface area contributed by atoms with Gasteiger partial charge >= 0.3 is 0 Å². The molecule has 0 N–H and O–H groups in total. The van der Waals surface area contributed by atoms with Crippen LogP contribution in [0, 0.1) is 21.7 Å². The molecule has 28 heavy (non-hydrogen) atoms. The second kappa shape index (κ2) is 9.38. The summed E-state index contributed by atoms with van der Waals surface area (Å²) in [6.07, 6.45) is 5.51. The lowest BCUT2D eigenvalue weighted by Gasteiger charge is -2.50. The maximum atomic E-state index is 2.88. The van der Waals surface area contributed by atoms with Crippen LogP contribution in [0.2, 0.25) is 0 Å². The van der Waals surface area contributed by atoms with Gasteiger partial charge in [-0.15, -0.1) is 0 Å². The number of hydrogen-bond donors (Lipinski definition) is 0. The molecule has 2 nitrogen and oxygen atoms in total. The highest BCUT2D eigenvalue weighted by atomic mass is 15.3. The van der Waals surface area contributed by atoms with E-state index in [1.54, 1.807) is 0 Å². The van der Waals surface area contributed by atoms with Gasteiger partial charge in [0, 0.05) is 38.3 Å². The fourth-order valence-electron chi connectivity index (χ4n) is 4.96. The zero-order valence-electron chi connectivity index (χ0n) is 21.7. The quantitative estimate of drug-likeness (QED) is 0.474. The van der Waals surface area contributed by atoms with E-state index in [2.05, 4.69) is 92.9 Å². The smallest absolute Gasteiger partial charge is 0.0252 e. The van der Waals surface area contributed by atoms with Crippen LogP contribution in [0.25, 0.3) is 0 Å². The molecule has 1 fully saturated rings. The Morgan fingerprint density at radius 3 is 0.857 bits per heavy atom. The number of rotatable bonds is 6. The molecule has 2 atom stereocenters. The molecule has 0 spiro atoms. The molecule has 0 aromatic rings. The van der Waals surface area contributed by atoms with Crippen LogP contribution in [0.3, 0.4) is 0 Å². The second-order valence-corrected chi connectivity index (χ2v) is 14.5. The van der Waals surface area contributed by atoms with Crippen LogP contribution >= 0.6 is 0 Å². The van der Waals surface area contributed by atoms with Crippen molar-refractivity contribution in [3.63, 3.8) is 0 Å². The molecule has 0 radical (unpaired) electrons. The standard InChI is InChI=1S/C26H54N2/c1-23(2,3)17-27(18-24(4,5)6)21-15-13-14-16-22(21)28(19-25(7,8)9)20-26(10,11)12/h21-22H,13-20H2,1-12H3/t21-,22-/m1/s1. The van der Waals surface area contributed by atoms with Gasteiger partial charge in [0.25, 0.3) is 0 Å². The van der Waals surface area contributed by atoms with E-state index in [-0.39, 0.29) is 0 Å². The SMILES string of the molecule is CC(C)(C)CN(CC(C)(C)C)[C@@H]1CCCC[C@H]1N(CC(C)(C)C)CC(C)(C)C. The van der Waals surface area contributed by atoms with Crippen LogP contribution in [0.5, 0.6) is 0 Å². The van der Waals surface area contributed by atoms with Crippen LogP contribution < -0.4 is 0 Å². The first kappa shape index (κ1) is 26.0. The summed E-state index contributed by atoms with van der Waals surface area (Å²) in [5.74, 6) is 0. The predicted octanol–water partition coefficient (Wildman–Crippen LogP) is 7.09. The summed E-state index contributed by atoms with van der Waals surface area (Å²) >= 11 is 0. The predicted molar refractivity (Wildman–Crippen MR) is 127 cm³/mol. The molecule has 0 bridgehead atoms. The third-order valence-electron chi connectivity index (χ3n) is 5.34. The average molecular weight is 395 g/mol. The fourth-order valence-corrected chi connectivity index (χ4v) is 4.96. The molecular formula is C26H54N2. The van der Waals surface area contributed by atoms with Crippen LogP contribution in [0.4, 0.5) is 0 Å². The molecule has 0 aromatic carbocycles. The molecule has 168 valence electrons. The van der Waals surface area contributed by atoms with E-state index in [4.69, 9.17) is 0 Å². The summed E-state index contributed by atoms with van der Waals surface area (Å²) in [5, 5.41) is 0. The van der Waals surface area contributed by atoms with Gasteiger partial charge < -0.3 is 0 Å². The Labute approximate surface area is 178 Å². The molecule has 0 aliphatic heterocycles. The Kier molecular flexibility index (Phi) is 8.69. The summed E-state index contributed by atoms with van der Waals surface area (Å²) in [4.78, 5) is 5.75. The van der Waals surface area contributed by atoms with Crippen molar-refractivity contribution in [3.05, 3.63) is 0 Å². The van der Waals surface area contributed by atoms with E-state index in [9.17, 15) is 0 Å². The number of nitrogens with zero attached hydrogens (tertiary/aromatic N) is 2. The van der Waals surface area contributed by atoms with Crippen molar-refractivity contribution in [2.75, 3.05) is 26.2 Å². The van der Waals surface area contributed by atoms with Crippen molar-refractivity contribution in [2.45, 2.75) is 121 Å². The molecule has 1 aliphatic rings. The zero-order valence-corrected chi connectivity index (χ0v) is 21.7. The zero-order chi connectivity index (χ0) is 22.0. The second-order valence-electron chi connectivity index (χ2n) is 14.5. The van der Waals surface area contributed by atoms with Gasteiger partial charge in [-0.05, 0) is 34.5 Å². The van der Waals surface area contributed by atoms with Gasteiger partial charge in [-0.1, -0.05) is 95.9 Å². The molecule has 1 saturated carbocycles. The van der Waals surface area contributed by atoms with Gasteiger partial charge in [-0.25, -0.2) is 0 Å². The molecule has 0 amide bonds. The molecule has 1 aliphatic carbocycles. The summed E-state index contributed by atoms with van der Waals surface area (Å²) in [6.45, 7) is 33.7. The topological polar surface area (TPSA) is 6.48 Å². The van der Waals surface area contributed by atoms with Gasteiger partial charge in [0.1, 0.15) is 0 Å². The van der Waals surface area contributed by atoms with E-state index in [0.29, 0.717) is 33.7 Å². The van der Waals surface area contributed by atoms with Crippen LogP contribution in [0.1, 0.15) is 109 Å². The molecule has 1 rings (SSSR count). The lowest BCUT2D eigenvalue weighted by atomic mass is 9.82. The Morgan fingerprint density at radius 2 is 0.679 bits per heavy atom. The molecule has 0 heterocycles. The maximum absolute atomic E-state index is 2.88. The van der Waals surface area contributed by atoms with Crippen molar-refractivity contribution in [1.29, 1.82) is 0 Å². The van der Waals surface area contributed by atoms with Crippen molar-refractivity contribution >= 4 is 0 Å². The summed E-state index contributed by atoms with van der Waals surface area (Å²) in [5.41, 5.74) is 1.36. The number of hydrogen-bond acceptors (Lipinski definition) is 2. The third kappa shape index (κ3) is 10.6. The van der Waals surface area contributed by atoms with E-state index in [1.807, 2.05) is 0 Å². The monoisotopic (exact) mass is 394 g/mol. The lowest BCUT2D eigenvalue weighted by molar-refractivity contribution is -0.00953. The summed E-state index contributed by atoms with van der Waals surface area (Å²) < 4.78 is 0. The fraction of sp³-hybridized carbons (Fsp3) is 1.00. The summed E-state index contributed by atoms with van der Waals surface area (Å²) in [6, 6.07) is 1.38. The highest BCUT2D eigenvalue weighted by molar-refractivity contribution is 4.94. The Bertz CT molecular complexity index is 377. The van der Waals surface area contributed by atoms with Crippen molar-refractivity contribution in [3.8, 4) is 0 Å². The van der Waals surface area contributed by atoms with Crippen molar-refractivity contribution in [2.24, 2.45) is 21.7 Å². The third-order valence-corrected chi connectivity index (χ3v) is 5.34. The van der Waals surface area contributed by atoms with E-state index < -0.39 is 0 Å². The normalized spacial score (nSPS) is 22.9. The van der Waals surface area contributed by atoms with Crippen LogP contribution in [-0.2, 0) is 0 Å². The van der Waals surface area contributed by atoms with Gasteiger partial charge in [0.05, 0.1) is 0 Å². The van der Waals surface area contributed by atoms with Gasteiger partial charge in [-0.3, -0.25) is 9.80 Å². The minimum Gasteiger partial charge on any atom is -0.298 e. The maximum Gasteiger partial charge on any atom is 0.0252 e. The highest BCUT2D eigenvalue weighted by Crippen LogP contribution is 2.34. The lowest BCUT2D eigenvalue weighted by Crippen LogP contribution is -2.58. The molecule has 0 unspecified atom stereocenters. The van der Waals surface area contributed by atoms with Crippen LogP contribution in [0.15, 0.2) is 0 Å². The first-order valence-electron chi connectivity index (χ1n) is 11.8. The van der Waals surface area contributed by atoms with E-state index in [1.165, 1.54) is 51.9 Å². The Hall–Kier alpha value is -0.0800. The minimum absolute atomic E-state index is 0.339. The van der Waals surface area contributed by atoms with Crippen molar-refractivity contribution < 1.29 is 0 Å². The van der Waals surface area contributed by atoms with Gasteiger partial charge in [0.2, 0.25) is 0 Å². The van der Waals surface area contributed by atoms with E-state index in [0.717, 1.165) is 0 Å². The average Bonchev–Trinajstić information content (AvgIpc) is 2.39. The van der Waals surface area contributed by atoms with Crippen LogP contribution in [-0.4, -0.2) is 48.1 Å². The summed E-state index contributed by atoms with van der Waals surface area (Å²) in [7, 11) is 0. The molecule has 0 saturated heterocycles. The molecule has 2 heteroatoms. The molecule has 0 aromatic heterocycles. The Morgan fingerprint density at radius 1 is 0.464 bits per heavy atom. The van der Waals surface area contributed by atoms with Gasteiger partial charge in [-0.2, -0.15) is 0 Å². The Balaban J connectivity index is 3.20. The minimum atomic E-state index is 0.339. The molecular weight excluding hydrogens is 340 g/mol.